The Kier molecular flexibility index (Phi) is 10.5. The Morgan fingerprint density at radius 3 is 2.61 bits per heavy atom. The van der Waals surface area contributed by atoms with Crippen LogP contribution < -0.4 is 15.8 Å². The van der Waals surface area contributed by atoms with Crippen LogP contribution in [0.15, 0.2) is 48.5 Å². The Morgan fingerprint density at radius 2 is 1.92 bits per heavy atom. The summed E-state index contributed by atoms with van der Waals surface area (Å²) in [5.74, 6) is -0.567. The standard InChI is InChI=1S/C24H29F3N6O.2ClH/c1-2-3-14-34-20-11-10-19(33-22(24(25,26)27)30-31-32-33)15-18(20)16-23(28)12-7-13-29-21(23)17-8-5-4-6-9-17;;/h4-6,8-11,15,21,29H,2-3,7,12-14,16,28H2,1H3;2*1H/t21-,23-;;/m0../s1. The van der Waals surface area contributed by atoms with Gasteiger partial charge in [0.25, 0.3) is 5.82 Å². The van der Waals surface area contributed by atoms with Gasteiger partial charge in [-0.1, -0.05) is 43.7 Å². The maximum Gasteiger partial charge on any atom is 0.453 e. The molecule has 36 heavy (non-hydrogen) atoms. The van der Waals surface area contributed by atoms with E-state index in [2.05, 4.69) is 27.8 Å². The summed E-state index contributed by atoms with van der Waals surface area (Å²) in [5.41, 5.74) is 8.37. The summed E-state index contributed by atoms with van der Waals surface area (Å²) in [5, 5.41) is 13.5. The number of unbranched alkanes of at least 4 members (excludes halogenated alkanes) is 1. The zero-order valence-corrected chi connectivity index (χ0v) is 21.5. The fourth-order valence-corrected chi connectivity index (χ4v) is 4.49. The zero-order valence-electron chi connectivity index (χ0n) is 19.9. The largest absolute Gasteiger partial charge is 0.493 e. The Hall–Kier alpha value is -2.40. The van der Waals surface area contributed by atoms with Crippen molar-refractivity contribution in [3.63, 3.8) is 0 Å². The number of aromatic nitrogens is 4. The lowest BCUT2D eigenvalue weighted by atomic mass is 9.75. The van der Waals surface area contributed by atoms with Crippen molar-refractivity contribution in [1.82, 2.24) is 25.5 Å². The summed E-state index contributed by atoms with van der Waals surface area (Å²) >= 11 is 0. The molecule has 1 aromatic heterocycles. The van der Waals surface area contributed by atoms with Gasteiger partial charge in [0, 0.05) is 5.54 Å². The van der Waals surface area contributed by atoms with Gasteiger partial charge < -0.3 is 15.8 Å². The molecule has 0 unspecified atom stereocenters. The van der Waals surface area contributed by atoms with E-state index in [4.69, 9.17) is 10.5 Å². The lowest BCUT2D eigenvalue weighted by Crippen LogP contribution is -2.56. The SMILES string of the molecule is CCCCOc1ccc(-n2nnnc2C(F)(F)F)cc1C[C@@]1(N)CCCN[C@H]1c1ccccc1.Cl.Cl. The highest BCUT2D eigenvalue weighted by Crippen LogP contribution is 2.37. The third-order valence-electron chi connectivity index (χ3n) is 6.16. The van der Waals surface area contributed by atoms with E-state index < -0.39 is 17.5 Å². The number of piperidine rings is 1. The van der Waals surface area contributed by atoms with Gasteiger partial charge in [-0.2, -0.15) is 17.9 Å². The van der Waals surface area contributed by atoms with Crippen LogP contribution in [0, 0.1) is 0 Å². The molecule has 7 nitrogen and oxygen atoms in total. The number of hydrogen-bond donors (Lipinski definition) is 2. The van der Waals surface area contributed by atoms with E-state index in [1.807, 2.05) is 30.3 Å². The van der Waals surface area contributed by atoms with Crippen LogP contribution in [0.5, 0.6) is 5.75 Å². The van der Waals surface area contributed by atoms with Gasteiger partial charge >= 0.3 is 6.18 Å². The van der Waals surface area contributed by atoms with Crippen molar-refractivity contribution in [3.05, 3.63) is 65.5 Å². The first-order chi connectivity index (χ1) is 16.3. The number of ether oxygens (including phenoxy) is 1. The first-order valence-electron chi connectivity index (χ1n) is 11.5. The van der Waals surface area contributed by atoms with E-state index in [-0.39, 0.29) is 36.5 Å². The van der Waals surface area contributed by atoms with Gasteiger partial charge in [-0.05, 0) is 72.0 Å². The number of nitrogens with one attached hydrogen (secondary N) is 1. The summed E-state index contributed by atoms with van der Waals surface area (Å²) in [4.78, 5) is 0. The second-order valence-electron chi connectivity index (χ2n) is 8.72. The first kappa shape index (κ1) is 29.8. The second kappa shape index (κ2) is 12.7. The van der Waals surface area contributed by atoms with Crippen LogP contribution in [-0.4, -0.2) is 38.9 Å². The molecular weight excluding hydrogens is 516 g/mol. The molecule has 1 saturated heterocycles. The van der Waals surface area contributed by atoms with E-state index >= 15 is 0 Å². The normalized spacial score (nSPS) is 19.8. The van der Waals surface area contributed by atoms with Gasteiger partial charge in [-0.3, -0.25) is 0 Å². The van der Waals surface area contributed by atoms with Crippen molar-refractivity contribution >= 4 is 24.8 Å². The molecule has 198 valence electrons. The summed E-state index contributed by atoms with van der Waals surface area (Å²) in [6, 6.07) is 14.7. The molecule has 1 aliphatic rings. The average molecular weight is 547 g/mol. The highest BCUT2D eigenvalue weighted by Gasteiger charge is 2.40. The van der Waals surface area contributed by atoms with Crippen molar-refractivity contribution in [1.29, 1.82) is 0 Å². The molecule has 3 aromatic rings. The third kappa shape index (κ3) is 6.67. The van der Waals surface area contributed by atoms with Crippen LogP contribution in [0.4, 0.5) is 13.2 Å². The molecule has 0 bridgehead atoms. The quantitative estimate of drug-likeness (QED) is 0.383. The van der Waals surface area contributed by atoms with Gasteiger partial charge in [0.05, 0.1) is 18.3 Å². The van der Waals surface area contributed by atoms with Gasteiger partial charge in [-0.15, -0.1) is 29.9 Å². The van der Waals surface area contributed by atoms with Crippen LogP contribution in [0.2, 0.25) is 0 Å². The molecule has 3 N–H and O–H groups in total. The Bertz CT molecular complexity index is 1100. The molecule has 0 amide bonds. The second-order valence-corrected chi connectivity index (χ2v) is 8.72. The van der Waals surface area contributed by atoms with Gasteiger partial charge in [-0.25, -0.2) is 0 Å². The van der Waals surface area contributed by atoms with Crippen molar-refractivity contribution in [2.45, 2.75) is 56.8 Å². The monoisotopic (exact) mass is 546 g/mol. The van der Waals surface area contributed by atoms with Crippen LogP contribution in [-0.2, 0) is 12.6 Å². The van der Waals surface area contributed by atoms with Crippen LogP contribution in [0.25, 0.3) is 5.69 Å². The predicted octanol–water partition coefficient (Wildman–Crippen LogP) is 5.07. The van der Waals surface area contributed by atoms with Crippen molar-refractivity contribution in [2.75, 3.05) is 13.2 Å². The molecule has 0 radical (unpaired) electrons. The van der Waals surface area contributed by atoms with E-state index in [0.29, 0.717) is 23.5 Å². The van der Waals surface area contributed by atoms with E-state index in [9.17, 15) is 13.2 Å². The van der Waals surface area contributed by atoms with E-state index in [1.54, 1.807) is 12.1 Å². The summed E-state index contributed by atoms with van der Waals surface area (Å²) in [7, 11) is 0. The van der Waals surface area contributed by atoms with Gasteiger partial charge in [0.15, 0.2) is 0 Å². The molecule has 2 heterocycles. The predicted molar refractivity (Wildman–Crippen MR) is 136 cm³/mol. The highest BCUT2D eigenvalue weighted by molar-refractivity contribution is 5.85. The van der Waals surface area contributed by atoms with Crippen LogP contribution >= 0.6 is 24.8 Å². The minimum absolute atomic E-state index is 0. The fourth-order valence-electron chi connectivity index (χ4n) is 4.49. The zero-order chi connectivity index (χ0) is 24.2. The Labute approximate surface area is 220 Å². The molecule has 2 aromatic carbocycles. The number of hydrogen-bond acceptors (Lipinski definition) is 6. The van der Waals surface area contributed by atoms with Gasteiger partial charge in [0.1, 0.15) is 5.75 Å². The minimum Gasteiger partial charge on any atom is -0.493 e. The Morgan fingerprint density at radius 1 is 1.17 bits per heavy atom. The fraction of sp³-hybridized carbons (Fsp3) is 0.458. The molecule has 1 fully saturated rings. The molecule has 4 rings (SSSR count). The lowest BCUT2D eigenvalue weighted by molar-refractivity contribution is -0.146. The molecule has 0 aliphatic carbocycles. The maximum atomic E-state index is 13.4. The topological polar surface area (TPSA) is 90.9 Å². The van der Waals surface area contributed by atoms with Crippen molar-refractivity contribution in [2.24, 2.45) is 5.73 Å². The van der Waals surface area contributed by atoms with Crippen molar-refractivity contribution in [3.8, 4) is 11.4 Å². The molecule has 0 spiro atoms. The Balaban J connectivity index is 0.00000228. The van der Waals surface area contributed by atoms with Crippen LogP contribution in [0.3, 0.4) is 0 Å². The molecule has 0 saturated carbocycles. The average Bonchev–Trinajstić information content (AvgIpc) is 3.32. The number of halogens is 5. The molecule has 1 aliphatic heterocycles. The van der Waals surface area contributed by atoms with Crippen molar-refractivity contribution < 1.29 is 17.9 Å². The lowest BCUT2D eigenvalue weighted by Gasteiger charge is -2.42. The smallest absolute Gasteiger partial charge is 0.453 e. The summed E-state index contributed by atoms with van der Waals surface area (Å²) < 4.78 is 46.9. The third-order valence-corrected chi connectivity index (χ3v) is 6.16. The number of rotatable bonds is 8. The molecule has 12 heteroatoms. The number of tetrazole rings is 1. The number of nitrogens with zero attached hydrogens (tertiary/aromatic N) is 4. The summed E-state index contributed by atoms with van der Waals surface area (Å²) in [6.07, 6.45) is -0.769. The van der Waals surface area contributed by atoms with Gasteiger partial charge in [0.2, 0.25) is 0 Å². The summed E-state index contributed by atoms with van der Waals surface area (Å²) in [6.45, 7) is 3.42. The number of nitrogens with two attached hydrogens (primary N) is 1. The van der Waals surface area contributed by atoms with E-state index in [0.717, 1.165) is 43.4 Å². The maximum absolute atomic E-state index is 13.4. The number of alkyl halides is 3. The minimum atomic E-state index is -4.68. The van der Waals surface area contributed by atoms with E-state index in [1.165, 1.54) is 6.07 Å². The molecular formula is C24H31Cl2F3N6O. The number of benzene rings is 2. The molecule has 2 atom stereocenters. The highest BCUT2D eigenvalue weighted by atomic mass is 35.5. The van der Waals surface area contributed by atoms with Crippen LogP contribution in [0.1, 0.15) is 55.6 Å². The first-order valence-corrected chi connectivity index (χ1v) is 11.5.